The topological polar surface area (TPSA) is 87.2 Å². The fourth-order valence-electron chi connectivity index (χ4n) is 3.48. The zero-order valence-corrected chi connectivity index (χ0v) is 14.0. The normalized spacial score (nSPS) is 18.5. The maximum absolute atomic E-state index is 12.7. The minimum Gasteiger partial charge on any atom is -0.482 e. The monoisotopic (exact) mass is 346 g/mol. The summed E-state index contributed by atoms with van der Waals surface area (Å²) < 4.78 is 5.13. The number of amides is 2. The van der Waals surface area contributed by atoms with Crippen molar-refractivity contribution < 1.29 is 24.2 Å². The number of carboxylic acids is 1. The summed E-state index contributed by atoms with van der Waals surface area (Å²) in [4.78, 5) is 38.8. The second-order valence-electron chi connectivity index (χ2n) is 6.42. The Kier molecular flexibility index (Phi) is 5.21. The molecule has 25 heavy (non-hydrogen) atoms. The van der Waals surface area contributed by atoms with Crippen molar-refractivity contribution in [2.45, 2.75) is 31.7 Å². The number of aliphatic carboxylic acids is 1. The Morgan fingerprint density at radius 1 is 1.20 bits per heavy atom. The molecule has 0 atom stereocenters. The lowest BCUT2D eigenvalue weighted by atomic mass is 10.0. The van der Waals surface area contributed by atoms with E-state index in [0.29, 0.717) is 30.8 Å². The van der Waals surface area contributed by atoms with Gasteiger partial charge < -0.3 is 19.6 Å². The number of carbonyl (C=O) groups is 3. The van der Waals surface area contributed by atoms with E-state index in [1.807, 2.05) is 4.90 Å². The van der Waals surface area contributed by atoms with Crippen LogP contribution in [0, 0.1) is 0 Å². The molecule has 0 unspecified atom stereocenters. The number of carboxylic acid groups (broad SMARTS) is 1. The number of rotatable bonds is 5. The van der Waals surface area contributed by atoms with E-state index in [9.17, 15) is 14.4 Å². The summed E-state index contributed by atoms with van der Waals surface area (Å²) in [5.74, 6) is -0.555. The number of hydrogen-bond acceptors (Lipinski definition) is 4. The predicted molar refractivity (Wildman–Crippen MR) is 89.4 cm³/mol. The molecule has 0 aromatic heterocycles. The second kappa shape index (κ2) is 7.55. The van der Waals surface area contributed by atoms with Crippen molar-refractivity contribution in [2.24, 2.45) is 0 Å². The molecule has 2 saturated heterocycles. The zero-order chi connectivity index (χ0) is 17.8. The van der Waals surface area contributed by atoms with Gasteiger partial charge in [0, 0.05) is 37.7 Å². The van der Waals surface area contributed by atoms with E-state index in [1.165, 1.54) is 0 Å². The highest BCUT2D eigenvalue weighted by molar-refractivity contribution is 5.94. The highest BCUT2D eigenvalue weighted by atomic mass is 16.5. The molecule has 7 heteroatoms. The number of ether oxygens (including phenoxy) is 1. The molecule has 0 saturated carbocycles. The average molecular weight is 346 g/mol. The van der Waals surface area contributed by atoms with Gasteiger partial charge in [-0.05, 0) is 37.5 Å². The third kappa shape index (κ3) is 4.10. The molecule has 0 aliphatic carbocycles. The van der Waals surface area contributed by atoms with Crippen molar-refractivity contribution in [3.63, 3.8) is 0 Å². The Balaban J connectivity index is 1.58. The summed E-state index contributed by atoms with van der Waals surface area (Å²) in [6.07, 6.45) is 3.17. The standard InChI is InChI=1S/C18H22N2O5/c21-16-5-2-8-20(16)14-6-9-19(10-7-14)18(24)13-3-1-4-15(11-13)25-12-17(22)23/h1,3-4,11,14H,2,5-10,12H2,(H,22,23). The molecular formula is C18H22N2O5. The van der Waals surface area contributed by atoms with Crippen LogP contribution in [0.15, 0.2) is 24.3 Å². The first kappa shape index (κ1) is 17.3. The molecule has 1 aromatic rings. The highest BCUT2D eigenvalue weighted by Crippen LogP contribution is 2.23. The molecule has 2 heterocycles. The van der Waals surface area contributed by atoms with Crippen molar-refractivity contribution >= 4 is 17.8 Å². The van der Waals surface area contributed by atoms with Crippen LogP contribution >= 0.6 is 0 Å². The van der Waals surface area contributed by atoms with Crippen LogP contribution in [0.1, 0.15) is 36.0 Å². The minimum absolute atomic E-state index is 0.0908. The fraction of sp³-hybridized carbons (Fsp3) is 0.500. The van der Waals surface area contributed by atoms with Crippen LogP contribution in [0.4, 0.5) is 0 Å². The molecule has 3 rings (SSSR count). The van der Waals surface area contributed by atoms with Crippen molar-refractivity contribution in [2.75, 3.05) is 26.2 Å². The van der Waals surface area contributed by atoms with Gasteiger partial charge >= 0.3 is 5.97 Å². The summed E-state index contributed by atoms with van der Waals surface area (Å²) in [6, 6.07) is 6.82. The first-order valence-corrected chi connectivity index (χ1v) is 8.58. The lowest BCUT2D eigenvalue weighted by Crippen LogP contribution is -2.47. The predicted octanol–water partition coefficient (Wildman–Crippen LogP) is 1.38. The highest BCUT2D eigenvalue weighted by Gasteiger charge is 2.32. The Morgan fingerprint density at radius 3 is 2.60 bits per heavy atom. The van der Waals surface area contributed by atoms with Gasteiger partial charge in [0.15, 0.2) is 6.61 Å². The molecule has 1 N–H and O–H groups in total. The van der Waals surface area contributed by atoms with Gasteiger partial charge in [-0.2, -0.15) is 0 Å². The molecule has 7 nitrogen and oxygen atoms in total. The molecule has 0 spiro atoms. The van der Waals surface area contributed by atoms with E-state index in [4.69, 9.17) is 9.84 Å². The smallest absolute Gasteiger partial charge is 0.341 e. The number of benzene rings is 1. The van der Waals surface area contributed by atoms with E-state index in [2.05, 4.69) is 0 Å². The van der Waals surface area contributed by atoms with E-state index in [1.54, 1.807) is 29.2 Å². The Morgan fingerprint density at radius 2 is 1.96 bits per heavy atom. The van der Waals surface area contributed by atoms with Crippen molar-refractivity contribution in [1.29, 1.82) is 0 Å². The van der Waals surface area contributed by atoms with Gasteiger partial charge in [0.05, 0.1) is 0 Å². The van der Waals surface area contributed by atoms with Gasteiger partial charge in [0.2, 0.25) is 5.91 Å². The summed E-state index contributed by atoms with van der Waals surface area (Å²) in [7, 11) is 0. The van der Waals surface area contributed by atoms with E-state index in [0.717, 1.165) is 25.8 Å². The van der Waals surface area contributed by atoms with Crippen LogP contribution in [-0.2, 0) is 9.59 Å². The third-order valence-corrected chi connectivity index (χ3v) is 4.75. The molecule has 2 aliphatic rings. The average Bonchev–Trinajstić information content (AvgIpc) is 3.06. The minimum atomic E-state index is -1.06. The molecule has 2 amide bonds. The lowest BCUT2D eigenvalue weighted by molar-refractivity contribution is -0.139. The van der Waals surface area contributed by atoms with Gasteiger partial charge in [-0.3, -0.25) is 9.59 Å². The number of likely N-dealkylation sites (tertiary alicyclic amines) is 2. The summed E-state index contributed by atoms with van der Waals surface area (Å²) in [5.41, 5.74) is 0.485. The van der Waals surface area contributed by atoms with Gasteiger partial charge in [0.1, 0.15) is 5.75 Å². The Bertz CT molecular complexity index is 667. The maximum atomic E-state index is 12.7. The Hall–Kier alpha value is -2.57. The van der Waals surface area contributed by atoms with Crippen molar-refractivity contribution in [1.82, 2.24) is 9.80 Å². The summed E-state index contributed by atoms with van der Waals surface area (Å²) in [5, 5.41) is 8.66. The van der Waals surface area contributed by atoms with Crippen LogP contribution < -0.4 is 4.74 Å². The molecule has 0 radical (unpaired) electrons. The molecule has 1 aromatic carbocycles. The van der Waals surface area contributed by atoms with E-state index in [-0.39, 0.29) is 17.9 Å². The lowest BCUT2D eigenvalue weighted by Gasteiger charge is -2.36. The number of hydrogen-bond donors (Lipinski definition) is 1. The SMILES string of the molecule is O=C(O)COc1cccc(C(=O)N2CCC(N3CCCC3=O)CC2)c1. The molecular weight excluding hydrogens is 324 g/mol. The van der Waals surface area contributed by atoms with Crippen LogP contribution in [0.2, 0.25) is 0 Å². The number of piperidine rings is 1. The van der Waals surface area contributed by atoms with Crippen LogP contribution in [0.3, 0.4) is 0 Å². The number of carbonyl (C=O) groups excluding carboxylic acids is 2. The molecule has 134 valence electrons. The van der Waals surface area contributed by atoms with Crippen LogP contribution in [0.5, 0.6) is 5.75 Å². The first-order chi connectivity index (χ1) is 12.0. The van der Waals surface area contributed by atoms with Gasteiger partial charge in [-0.25, -0.2) is 4.79 Å². The maximum Gasteiger partial charge on any atom is 0.341 e. The van der Waals surface area contributed by atoms with E-state index >= 15 is 0 Å². The third-order valence-electron chi connectivity index (χ3n) is 4.75. The van der Waals surface area contributed by atoms with E-state index < -0.39 is 12.6 Å². The van der Waals surface area contributed by atoms with Crippen LogP contribution in [0.25, 0.3) is 0 Å². The molecule has 2 fully saturated rings. The van der Waals surface area contributed by atoms with Gasteiger partial charge in [-0.15, -0.1) is 0 Å². The first-order valence-electron chi connectivity index (χ1n) is 8.58. The van der Waals surface area contributed by atoms with Gasteiger partial charge in [-0.1, -0.05) is 6.07 Å². The quantitative estimate of drug-likeness (QED) is 0.870. The summed E-state index contributed by atoms with van der Waals surface area (Å²) in [6.45, 7) is 1.63. The Labute approximate surface area is 146 Å². The van der Waals surface area contributed by atoms with Crippen molar-refractivity contribution in [3.8, 4) is 5.75 Å². The largest absolute Gasteiger partial charge is 0.482 e. The van der Waals surface area contributed by atoms with Gasteiger partial charge in [0.25, 0.3) is 5.91 Å². The molecule has 2 aliphatic heterocycles. The fourth-order valence-corrected chi connectivity index (χ4v) is 3.48. The van der Waals surface area contributed by atoms with Crippen LogP contribution in [-0.4, -0.2) is 65.0 Å². The second-order valence-corrected chi connectivity index (χ2v) is 6.42. The van der Waals surface area contributed by atoms with Crippen molar-refractivity contribution in [3.05, 3.63) is 29.8 Å². The number of nitrogens with zero attached hydrogens (tertiary/aromatic N) is 2. The zero-order valence-electron chi connectivity index (χ0n) is 14.0. The molecule has 0 bridgehead atoms. The summed E-state index contributed by atoms with van der Waals surface area (Å²) >= 11 is 0.